The molecular weight excluding hydrogens is 557 g/mol. The number of para-hydroxylation sites is 1. The Balaban J connectivity index is 1.73. The summed E-state index contributed by atoms with van der Waals surface area (Å²) in [4.78, 5) is 31.1. The lowest BCUT2D eigenvalue weighted by molar-refractivity contribution is -0.920. The van der Waals surface area contributed by atoms with Crippen molar-refractivity contribution < 1.29 is 27.2 Å². The van der Waals surface area contributed by atoms with Crippen molar-refractivity contribution in [2.24, 2.45) is 17.2 Å². The summed E-state index contributed by atoms with van der Waals surface area (Å²) in [5.41, 5.74) is 19.1. The van der Waals surface area contributed by atoms with Crippen LogP contribution in [0.5, 0.6) is 0 Å². The zero-order valence-electron chi connectivity index (χ0n) is 24.4. The zero-order chi connectivity index (χ0) is 31.5. The zero-order valence-corrected chi connectivity index (χ0v) is 24.4. The quantitative estimate of drug-likeness (QED) is 0.139. The molecule has 0 aliphatic heterocycles. The second-order valence-corrected chi connectivity index (χ2v) is 10.9. The van der Waals surface area contributed by atoms with Gasteiger partial charge in [0.05, 0.1) is 49.3 Å². The van der Waals surface area contributed by atoms with Crippen molar-refractivity contribution in [2.45, 2.75) is 43.9 Å². The molecule has 1 heterocycles. The molecule has 43 heavy (non-hydrogen) atoms. The highest BCUT2D eigenvalue weighted by atomic mass is 19.4. The van der Waals surface area contributed by atoms with E-state index in [1.165, 1.54) is 12.1 Å². The van der Waals surface area contributed by atoms with Gasteiger partial charge in [-0.3, -0.25) is 14.6 Å². The van der Waals surface area contributed by atoms with E-state index in [0.717, 1.165) is 36.1 Å². The van der Waals surface area contributed by atoms with E-state index in [4.69, 9.17) is 17.2 Å². The summed E-state index contributed by atoms with van der Waals surface area (Å²) in [6.07, 6.45) is -0.0360. The summed E-state index contributed by atoms with van der Waals surface area (Å²) in [6.45, 7) is 7.67. The van der Waals surface area contributed by atoms with Crippen molar-refractivity contribution in [2.75, 3.05) is 39.3 Å². The molecule has 3 rings (SSSR count). The van der Waals surface area contributed by atoms with Gasteiger partial charge in [0.2, 0.25) is 5.91 Å². The number of carbonyl (C=O) groups is 2. The first-order valence-corrected chi connectivity index (χ1v) is 14.4. The first-order chi connectivity index (χ1) is 20.5. The highest BCUT2D eigenvalue weighted by Gasteiger charge is 2.31. The third-order valence-electron chi connectivity index (χ3n) is 7.66. The van der Waals surface area contributed by atoms with Gasteiger partial charge < -0.3 is 27.0 Å². The largest absolute Gasteiger partial charge is 0.416 e. The lowest BCUT2D eigenvalue weighted by Gasteiger charge is -2.37. The summed E-state index contributed by atoms with van der Waals surface area (Å²) in [5, 5.41) is 3.64. The molecule has 0 saturated carbocycles. The Morgan fingerprint density at radius 1 is 1.00 bits per heavy atom. The molecular formula is C32H42F3N6O2+. The third-order valence-corrected chi connectivity index (χ3v) is 7.66. The summed E-state index contributed by atoms with van der Waals surface area (Å²) < 4.78 is 39.9. The van der Waals surface area contributed by atoms with Gasteiger partial charge in [-0.2, -0.15) is 13.2 Å². The predicted octanol–water partition coefficient (Wildman–Crippen LogP) is 3.12. The van der Waals surface area contributed by atoms with Crippen LogP contribution in [0, 0.1) is 0 Å². The maximum Gasteiger partial charge on any atom is 0.416 e. The van der Waals surface area contributed by atoms with Crippen LogP contribution in [0.1, 0.15) is 29.5 Å². The molecule has 0 bridgehead atoms. The lowest BCUT2D eigenvalue weighted by atomic mass is 9.96. The van der Waals surface area contributed by atoms with E-state index in [1.807, 2.05) is 36.4 Å². The maximum absolute atomic E-state index is 13.5. The van der Waals surface area contributed by atoms with Gasteiger partial charge in [0.25, 0.3) is 0 Å². The molecule has 8 nitrogen and oxygen atoms in total. The molecule has 0 spiro atoms. The second-order valence-electron chi connectivity index (χ2n) is 10.9. The van der Waals surface area contributed by atoms with Gasteiger partial charge in [0, 0.05) is 31.1 Å². The molecule has 0 radical (unpaired) electrons. The highest BCUT2D eigenvalue weighted by molar-refractivity contribution is 5.92. The Bertz CT molecular complexity index is 1360. The molecule has 2 atom stereocenters. The van der Waals surface area contributed by atoms with Crippen molar-refractivity contribution in [3.8, 4) is 0 Å². The Morgan fingerprint density at radius 2 is 1.67 bits per heavy atom. The van der Waals surface area contributed by atoms with Gasteiger partial charge in [0.1, 0.15) is 0 Å². The number of halogens is 3. The Hall–Kier alpha value is -3.64. The molecule has 7 N–H and O–H groups in total. The van der Waals surface area contributed by atoms with Crippen LogP contribution in [-0.2, 0) is 28.6 Å². The number of hydrogen-bond donors (Lipinski definition) is 4. The second kappa shape index (κ2) is 15.7. The van der Waals surface area contributed by atoms with E-state index in [-0.39, 0.29) is 18.6 Å². The SMILES string of the molecule is C=CC[N+](CCN)(CCN)CCC[C@H](N)C(=O)NC(Cc1ccc(C(F)(F)F)cc1)C(=O)Cc1cnc2ccccc2c1. The molecule has 0 aliphatic rings. The van der Waals surface area contributed by atoms with Gasteiger partial charge in [-0.1, -0.05) is 36.9 Å². The van der Waals surface area contributed by atoms with Gasteiger partial charge >= 0.3 is 6.18 Å². The van der Waals surface area contributed by atoms with Crippen molar-refractivity contribution in [3.05, 3.63) is 90.1 Å². The minimum atomic E-state index is -4.48. The number of ketones is 1. The van der Waals surface area contributed by atoms with Gasteiger partial charge in [-0.05, 0) is 60.7 Å². The summed E-state index contributed by atoms with van der Waals surface area (Å²) >= 11 is 0. The number of carbonyl (C=O) groups excluding carboxylic acids is 2. The summed E-state index contributed by atoms with van der Waals surface area (Å²) in [7, 11) is 0. The van der Waals surface area contributed by atoms with Crippen molar-refractivity contribution in [1.82, 2.24) is 10.3 Å². The highest BCUT2D eigenvalue weighted by Crippen LogP contribution is 2.29. The summed E-state index contributed by atoms with van der Waals surface area (Å²) in [6, 6.07) is 12.0. The first-order valence-electron chi connectivity index (χ1n) is 14.4. The lowest BCUT2D eigenvalue weighted by Crippen LogP contribution is -2.54. The molecule has 0 aliphatic carbocycles. The average Bonchev–Trinajstić information content (AvgIpc) is 2.97. The number of rotatable bonds is 17. The number of quaternary nitrogens is 1. The van der Waals surface area contributed by atoms with Crippen molar-refractivity contribution in [1.29, 1.82) is 0 Å². The van der Waals surface area contributed by atoms with E-state index in [9.17, 15) is 22.8 Å². The number of pyridine rings is 1. The van der Waals surface area contributed by atoms with Crippen LogP contribution >= 0.6 is 0 Å². The first kappa shape index (κ1) is 33.9. The minimum Gasteiger partial charge on any atom is -0.345 e. The standard InChI is InChI=1S/C32H41F3N6O2/c1-2-15-41(17-13-36,18-14-37)16-5-7-27(38)31(43)40-29(20-23-9-11-26(12-10-23)32(33,34)35)30(42)21-24-19-25-6-3-4-8-28(25)39-22-24/h2-4,6,8-12,19,22,27,29H,1,5,7,13-18,20-21,36-38H2/p+1/t27-,29?/m0/s1. The summed E-state index contributed by atoms with van der Waals surface area (Å²) in [5.74, 6) is -0.800. The molecule has 1 aromatic heterocycles. The molecule has 1 amide bonds. The van der Waals surface area contributed by atoms with Crippen LogP contribution in [0.15, 0.2) is 73.4 Å². The van der Waals surface area contributed by atoms with E-state index in [1.54, 1.807) is 6.20 Å². The predicted molar refractivity (Wildman–Crippen MR) is 163 cm³/mol. The fourth-order valence-electron chi connectivity index (χ4n) is 5.34. The number of fused-ring (bicyclic) bond motifs is 1. The van der Waals surface area contributed by atoms with E-state index in [0.29, 0.717) is 54.6 Å². The van der Waals surface area contributed by atoms with Crippen LogP contribution in [0.25, 0.3) is 10.9 Å². The smallest absolute Gasteiger partial charge is 0.345 e. The number of benzene rings is 2. The van der Waals surface area contributed by atoms with Crippen LogP contribution in [0.3, 0.4) is 0 Å². The van der Waals surface area contributed by atoms with Gasteiger partial charge in [-0.15, -0.1) is 0 Å². The number of hydrogen-bond acceptors (Lipinski definition) is 6. The van der Waals surface area contributed by atoms with Crippen LogP contribution in [0.2, 0.25) is 0 Å². The number of nitrogens with two attached hydrogens (primary N) is 3. The number of alkyl halides is 3. The molecule has 11 heteroatoms. The number of nitrogens with one attached hydrogen (secondary N) is 1. The normalized spacial score (nSPS) is 13.4. The average molecular weight is 600 g/mol. The van der Waals surface area contributed by atoms with Crippen LogP contribution < -0.4 is 22.5 Å². The molecule has 232 valence electrons. The van der Waals surface area contributed by atoms with Gasteiger partial charge in [0.15, 0.2) is 5.78 Å². The van der Waals surface area contributed by atoms with E-state index < -0.39 is 29.7 Å². The number of aromatic nitrogens is 1. The van der Waals surface area contributed by atoms with Crippen molar-refractivity contribution in [3.63, 3.8) is 0 Å². The fraction of sp³-hybridized carbons (Fsp3) is 0.406. The number of amides is 1. The fourth-order valence-corrected chi connectivity index (χ4v) is 5.34. The molecule has 2 aromatic carbocycles. The molecule has 1 unspecified atom stereocenters. The van der Waals surface area contributed by atoms with Crippen molar-refractivity contribution >= 4 is 22.6 Å². The minimum absolute atomic E-state index is 0.0155. The topological polar surface area (TPSA) is 137 Å². The molecule has 3 aromatic rings. The van der Waals surface area contributed by atoms with E-state index >= 15 is 0 Å². The van der Waals surface area contributed by atoms with Crippen LogP contribution in [0.4, 0.5) is 13.2 Å². The molecule has 0 saturated heterocycles. The number of Topliss-reactive ketones (excluding diaryl/α,β-unsaturated/α-hetero) is 1. The van der Waals surface area contributed by atoms with E-state index in [2.05, 4.69) is 16.9 Å². The maximum atomic E-state index is 13.5. The monoisotopic (exact) mass is 599 g/mol. The number of nitrogens with zero attached hydrogens (tertiary/aromatic N) is 2. The third kappa shape index (κ3) is 9.96. The molecule has 0 fully saturated rings. The van der Waals surface area contributed by atoms with Crippen LogP contribution in [-0.4, -0.2) is 72.5 Å². The Kier molecular flexibility index (Phi) is 12.4. The Morgan fingerprint density at radius 3 is 2.30 bits per heavy atom. The van der Waals surface area contributed by atoms with Gasteiger partial charge in [-0.25, -0.2) is 0 Å². The Labute approximate surface area is 250 Å².